The predicted octanol–water partition coefficient (Wildman–Crippen LogP) is 3.20. The third-order valence-corrected chi connectivity index (χ3v) is 7.99. The largest absolute Gasteiger partial charge is 0.304 e. The molecule has 0 saturated heterocycles. The normalized spacial score (nSPS) is 11.8. The van der Waals surface area contributed by atoms with E-state index in [4.69, 9.17) is 16.9 Å². The summed E-state index contributed by atoms with van der Waals surface area (Å²) in [6.07, 6.45) is 5.54. The van der Waals surface area contributed by atoms with Crippen LogP contribution in [0.4, 0.5) is 0 Å². The van der Waals surface area contributed by atoms with Crippen molar-refractivity contribution in [3.8, 4) is 24.5 Å². The van der Waals surface area contributed by atoms with Gasteiger partial charge in [0.05, 0.1) is 33.8 Å². The van der Waals surface area contributed by atoms with Crippen LogP contribution in [0.25, 0.3) is 10.2 Å². The lowest BCUT2D eigenvalue weighted by molar-refractivity contribution is 0.0997. The molecule has 0 atom stereocenters. The number of terminal acetylenes is 1. The number of nitriles is 2. The van der Waals surface area contributed by atoms with E-state index in [-0.39, 0.29) is 42.9 Å². The number of carbonyl (C=O) groups excluding carboxylic acids is 1. The van der Waals surface area contributed by atoms with Gasteiger partial charge in [0.25, 0.3) is 5.91 Å². The molecule has 0 fully saturated rings. The molecule has 0 aliphatic rings. The monoisotopic (exact) mass is 491 g/mol. The lowest BCUT2D eigenvalue weighted by atomic mass is 10.2. The van der Waals surface area contributed by atoms with Crippen molar-refractivity contribution in [3.05, 3.63) is 58.4 Å². The Kier molecular flexibility index (Phi) is 7.99. The zero-order valence-corrected chi connectivity index (χ0v) is 20.1. The number of fused-ring (bicyclic) bond motifs is 1. The first kappa shape index (κ1) is 24.9. The SMILES string of the molecule is C#CCn1c(=NC(=O)c2ccc(S(=O)(=O)N(CCC#N)CCC#N)cc2)sc2cccc(C)c21. The standard InChI is InChI=1S/C24H21N5O3S2/c1-3-15-29-22-18(2)7-4-8-21(22)33-24(29)27-23(30)19-9-11-20(12-10-19)34(31,32)28(16-5-13-25)17-6-14-26/h1,4,7-12H,5-6,15-17H2,2H3. The second kappa shape index (κ2) is 10.9. The molecule has 3 aromatic rings. The van der Waals surface area contributed by atoms with E-state index in [1.54, 1.807) is 0 Å². The Labute approximate surface area is 202 Å². The Morgan fingerprint density at radius 3 is 2.35 bits per heavy atom. The van der Waals surface area contributed by atoms with Gasteiger partial charge in [0.15, 0.2) is 4.80 Å². The van der Waals surface area contributed by atoms with Crippen molar-refractivity contribution >= 4 is 37.5 Å². The average Bonchev–Trinajstić information content (AvgIpc) is 3.17. The van der Waals surface area contributed by atoms with E-state index >= 15 is 0 Å². The van der Waals surface area contributed by atoms with Gasteiger partial charge < -0.3 is 4.57 Å². The topological polar surface area (TPSA) is 119 Å². The molecule has 3 rings (SSSR count). The molecular formula is C24H21N5O3S2. The van der Waals surface area contributed by atoms with Crippen LogP contribution in [0.3, 0.4) is 0 Å². The highest BCUT2D eigenvalue weighted by molar-refractivity contribution is 7.89. The number of thiazole rings is 1. The smallest absolute Gasteiger partial charge is 0.279 e. The van der Waals surface area contributed by atoms with E-state index in [0.29, 0.717) is 4.80 Å². The second-order valence-electron chi connectivity index (χ2n) is 7.26. The van der Waals surface area contributed by atoms with Crippen molar-refractivity contribution in [1.29, 1.82) is 10.5 Å². The quantitative estimate of drug-likeness (QED) is 0.448. The summed E-state index contributed by atoms with van der Waals surface area (Å²) in [5.74, 6) is 2.07. The van der Waals surface area contributed by atoms with Crippen molar-refractivity contribution in [2.45, 2.75) is 31.2 Å². The molecule has 0 spiro atoms. The molecule has 0 bridgehead atoms. The molecule has 0 saturated carbocycles. The minimum Gasteiger partial charge on any atom is -0.304 e. The van der Waals surface area contributed by atoms with Crippen LogP contribution < -0.4 is 4.80 Å². The van der Waals surface area contributed by atoms with Crippen LogP contribution in [0.15, 0.2) is 52.4 Å². The second-order valence-corrected chi connectivity index (χ2v) is 10.2. The van der Waals surface area contributed by atoms with Gasteiger partial charge in [-0.15, -0.1) is 6.42 Å². The third-order valence-electron chi connectivity index (χ3n) is 5.03. The Balaban J connectivity index is 1.94. The maximum Gasteiger partial charge on any atom is 0.279 e. The minimum absolute atomic E-state index is 0.00636. The molecule has 172 valence electrons. The highest BCUT2D eigenvalue weighted by Gasteiger charge is 2.24. The predicted molar refractivity (Wildman–Crippen MR) is 129 cm³/mol. The van der Waals surface area contributed by atoms with Crippen LogP contribution >= 0.6 is 11.3 Å². The van der Waals surface area contributed by atoms with Crippen LogP contribution in [0.5, 0.6) is 0 Å². The van der Waals surface area contributed by atoms with Gasteiger partial charge in [0.2, 0.25) is 10.0 Å². The molecule has 10 heteroatoms. The van der Waals surface area contributed by atoms with Gasteiger partial charge in [0, 0.05) is 31.5 Å². The highest BCUT2D eigenvalue weighted by atomic mass is 32.2. The summed E-state index contributed by atoms with van der Waals surface area (Å²) in [5, 5.41) is 17.6. The van der Waals surface area contributed by atoms with Gasteiger partial charge >= 0.3 is 0 Å². The van der Waals surface area contributed by atoms with Crippen LogP contribution in [0.1, 0.15) is 28.8 Å². The number of rotatable bonds is 8. The zero-order valence-electron chi connectivity index (χ0n) is 18.4. The van der Waals surface area contributed by atoms with Gasteiger partial charge in [-0.05, 0) is 42.8 Å². The van der Waals surface area contributed by atoms with Gasteiger partial charge in [-0.2, -0.15) is 19.8 Å². The van der Waals surface area contributed by atoms with Crippen molar-refractivity contribution in [3.63, 3.8) is 0 Å². The maximum absolute atomic E-state index is 12.9. The fourth-order valence-corrected chi connectivity index (χ4v) is 5.95. The molecule has 0 unspecified atom stereocenters. The number of sulfonamides is 1. The number of aryl methyl sites for hydroxylation is 1. The maximum atomic E-state index is 12.9. The number of hydrogen-bond acceptors (Lipinski definition) is 6. The van der Waals surface area contributed by atoms with E-state index in [2.05, 4.69) is 10.9 Å². The summed E-state index contributed by atoms with van der Waals surface area (Å²) in [7, 11) is -3.92. The first-order chi connectivity index (χ1) is 16.3. The molecule has 0 N–H and O–H groups in total. The molecule has 2 aromatic carbocycles. The van der Waals surface area contributed by atoms with Gasteiger partial charge in [-0.3, -0.25) is 4.79 Å². The lowest BCUT2D eigenvalue weighted by Crippen LogP contribution is -2.32. The zero-order chi connectivity index (χ0) is 24.7. The summed E-state index contributed by atoms with van der Waals surface area (Å²) in [6, 6.07) is 15.1. The Bertz CT molecular complexity index is 1490. The fraction of sp³-hybridized carbons (Fsp3) is 0.250. The van der Waals surface area contributed by atoms with E-state index < -0.39 is 15.9 Å². The molecule has 0 aliphatic heterocycles. The first-order valence-corrected chi connectivity index (χ1v) is 12.5. The number of amides is 1. The summed E-state index contributed by atoms with van der Waals surface area (Å²) in [5.41, 5.74) is 2.17. The summed E-state index contributed by atoms with van der Waals surface area (Å²) >= 11 is 1.35. The van der Waals surface area contributed by atoms with Crippen LogP contribution in [-0.2, 0) is 16.6 Å². The van der Waals surface area contributed by atoms with Crippen molar-refractivity contribution < 1.29 is 13.2 Å². The van der Waals surface area contributed by atoms with Gasteiger partial charge in [-0.1, -0.05) is 29.4 Å². The molecule has 8 nitrogen and oxygen atoms in total. The lowest BCUT2D eigenvalue weighted by Gasteiger charge is -2.20. The average molecular weight is 492 g/mol. The number of benzene rings is 2. The Morgan fingerprint density at radius 1 is 1.12 bits per heavy atom. The van der Waals surface area contributed by atoms with E-state index in [0.717, 1.165) is 20.1 Å². The molecule has 1 aromatic heterocycles. The van der Waals surface area contributed by atoms with Crippen molar-refractivity contribution in [1.82, 2.24) is 8.87 Å². The van der Waals surface area contributed by atoms with Crippen molar-refractivity contribution in [2.24, 2.45) is 4.99 Å². The molecule has 1 amide bonds. The molecule has 34 heavy (non-hydrogen) atoms. The Morgan fingerprint density at radius 2 is 1.76 bits per heavy atom. The molecule has 0 radical (unpaired) electrons. The summed E-state index contributed by atoms with van der Waals surface area (Å²) in [4.78, 5) is 17.5. The van der Waals surface area contributed by atoms with Crippen LogP contribution in [-0.4, -0.2) is 36.3 Å². The molecular weight excluding hydrogens is 470 g/mol. The molecule has 1 heterocycles. The third kappa shape index (κ3) is 5.24. The number of carbonyl (C=O) groups is 1. The van der Waals surface area contributed by atoms with Crippen LogP contribution in [0.2, 0.25) is 0 Å². The molecule has 0 aliphatic carbocycles. The van der Waals surface area contributed by atoms with E-state index in [1.165, 1.54) is 35.6 Å². The van der Waals surface area contributed by atoms with Gasteiger partial charge in [0.1, 0.15) is 0 Å². The number of aromatic nitrogens is 1. The Hall–Kier alpha value is -3.75. The van der Waals surface area contributed by atoms with E-state index in [9.17, 15) is 13.2 Å². The first-order valence-electron chi connectivity index (χ1n) is 10.3. The number of para-hydroxylation sites is 1. The van der Waals surface area contributed by atoms with Crippen molar-refractivity contribution in [2.75, 3.05) is 13.1 Å². The number of hydrogen-bond donors (Lipinski definition) is 0. The highest BCUT2D eigenvalue weighted by Crippen LogP contribution is 2.21. The summed E-state index contributed by atoms with van der Waals surface area (Å²) in [6.45, 7) is 2.19. The minimum atomic E-state index is -3.92. The summed E-state index contributed by atoms with van der Waals surface area (Å²) < 4.78 is 29.8. The fourth-order valence-electron chi connectivity index (χ4n) is 3.40. The van der Waals surface area contributed by atoms with Gasteiger partial charge in [-0.25, -0.2) is 8.42 Å². The number of nitrogens with zero attached hydrogens (tertiary/aromatic N) is 5. The van der Waals surface area contributed by atoms with E-state index in [1.807, 2.05) is 41.8 Å². The van der Waals surface area contributed by atoms with Crippen LogP contribution in [0, 0.1) is 41.9 Å².